The number of carbonyl (C=O) groups is 1. The number of hydrogen-bond acceptors (Lipinski definition) is 4. The predicted octanol–water partition coefficient (Wildman–Crippen LogP) is 2.30. The summed E-state index contributed by atoms with van der Waals surface area (Å²) in [5, 5.41) is 0. The van der Waals surface area contributed by atoms with Crippen molar-refractivity contribution in [3.63, 3.8) is 0 Å². The molecule has 0 aliphatic heterocycles. The molecule has 0 aliphatic carbocycles. The van der Waals surface area contributed by atoms with Crippen molar-refractivity contribution in [2.75, 3.05) is 7.11 Å². The molecule has 19 heavy (non-hydrogen) atoms. The fourth-order valence-electron chi connectivity index (χ4n) is 1.95. The van der Waals surface area contributed by atoms with Gasteiger partial charge in [0.05, 0.1) is 7.11 Å². The molecule has 0 amide bonds. The predicted molar refractivity (Wildman–Crippen MR) is 75.1 cm³/mol. The molecule has 0 fully saturated rings. The Bertz CT molecular complexity index is 429. The van der Waals surface area contributed by atoms with Crippen LogP contribution in [0.3, 0.4) is 0 Å². The summed E-state index contributed by atoms with van der Waals surface area (Å²) >= 11 is 0. The fraction of sp³-hybridized carbons (Fsp3) is 0.533. The van der Waals surface area contributed by atoms with E-state index in [1.807, 2.05) is 32.0 Å². The van der Waals surface area contributed by atoms with Gasteiger partial charge < -0.3 is 15.2 Å². The summed E-state index contributed by atoms with van der Waals surface area (Å²) in [6.45, 7) is 5.92. The van der Waals surface area contributed by atoms with Crippen LogP contribution in [-0.2, 0) is 16.0 Å². The molecule has 2 N–H and O–H groups in total. The second-order valence-corrected chi connectivity index (χ2v) is 5.20. The standard InChI is InChI=1S/C15H23NO3/c1-5-11-7-6-8-12(9-11)19-15(2,3)10-13(16)14(17)18-4/h6-9,13H,5,10,16H2,1-4H3. The van der Waals surface area contributed by atoms with E-state index in [2.05, 4.69) is 17.7 Å². The van der Waals surface area contributed by atoms with Gasteiger partial charge in [-0.1, -0.05) is 19.1 Å². The highest BCUT2D eigenvalue weighted by Gasteiger charge is 2.27. The zero-order chi connectivity index (χ0) is 14.5. The first kappa shape index (κ1) is 15.5. The lowest BCUT2D eigenvalue weighted by atomic mass is 9.99. The van der Waals surface area contributed by atoms with Crippen molar-refractivity contribution in [1.29, 1.82) is 0 Å². The maximum atomic E-state index is 11.3. The zero-order valence-electron chi connectivity index (χ0n) is 12.1. The van der Waals surface area contributed by atoms with E-state index in [0.29, 0.717) is 6.42 Å². The normalized spacial score (nSPS) is 12.9. The lowest BCUT2D eigenvalue weighted by Crippen LogP contribution is -2.41. The van der Waals surface area contributed by atoms with Gasteiger partial charge in [0.2, 0.25) is 0 Å². The van der Waals surface area contributed by atoms with Gasteiger partial charge in [-0.05, 0) is 38.0 Å². The van der Waals surface area contributed by atoms with Crippen molar-refractivity contribution in [2.45, 2.75) is 45.3 Å². The summed E-state index contributed by atoms with van der Waals surface area (Å²) in [5.74, 6) is 0.375. The van der Waals surface area contributed by atoms with Gasteiger partial charge in [0.25, 0.3) is 0 Å². The highest BCUT2D eigenvalue weighted by Crippen LogP contribution is 2.23. The van der Waals surface area contributed by atoms with Crippen LogP contribution in [-0.4, -0.2) is 24.7 Å². The van der Waals surface area contributed by atoms with Crippen LogP contribution in [0.25, 0.3) is 0 Å². The lowest BCUT2D eigenvalue weighted by Gasteiger charge is -2.28. The van der Waals surface area contributed by atoms with Crippen LogP contribution < -0.4 is 10.5 Å². The number of rotatable bonds is 6. The second-order valence-electron chi connectivity index (χ2n) is 5.20. The summed E-state index contributed by atoms with van der Waals surface area (Å²) in [5.41, 5.74) is 6.45. The molecule has 4 nitrogen and oxygen atoms in total. The molecule has 0 heterocycles. The Morgan fingerprint density at radius 2 is 2.11 bits per heavy atom. The third-order valence-electron chi connectivity index (χ3n) is 2.92. The van der Waals surface area contributed by atoms with Gasteiger partial charge in [-0.15, -0.1) is 0 Å². The molecular formula is C15H23NO3. The SMILES string of the molecule is CCc1cccc(OC(C)(C)CC(N)C(=O)OC)c1. The third-order valence-corrected chi connectivity index (χ3v) is 2.92. The van der Waals surface area contributed by atoms with Crippen LogP contribution in [0, 0.1) is 0 Å². The Kier molecular flexibility index (Phi) is 5.36. The maximum absolute atomic E-state index is 11.3. The molecule has 1 aromatic carbocycles. The van der Waals surface area contributed by atoms with Crippen LogP contribution in [0.5, 0.6) is 5.75 Å². The fourth-order valence-corrected chi connectivity index (χ4v) is 1.95. The molecule has 106 valence electrons. The molecule has 1 aromatic rings. The minimum absolute atomic E-state index is 0.399. The molecule has 1 atom stereocenters. The first-order chi connectivity index (χ1) is 8.88. The molecule has 0 aliphatic rings. The highest BCUT2D eigenvalue weighted by atomic mass is 16.5. The largest absolute Gasteiger partial charge is 0.488 e. The van der Waals surface area contributed by atoms with Crippen LogP contribution in [0.4, 0.5) is 0 Å². The van der Waals surface area contributed by atoms with E-state index in [9.17, 15) is 4.79 Å². The number of esters is 1. The topological polar surface area (TPSA) is 61.5 Å². The number of hydrogen-bond donors (Lipinski definition) is 1. The highest BCUT2D eigenvalue weighted by molar-refractivity contribution is 5.75. The van der Waals surface area contributed by atoms with E-state index in [0.717, 1.165) is 12.2 Å². The quantitative estimate of drug-likeness (QED) is 0.802. The van der Waals surface area contributed by atoms with Gasteiger partial charge in [0.1, 0.15) is 17.4 Å². The summed E-state index contributed by atoms with van der Waals surface area (Å²) in [6, 6.07) is 7.26. The van der Waals surface area contributed by atoms with Gasteiger partial charge in [0.15, 0.2) is 0 Å². The molecular weight excluding hydrogens is 242 g/mol. The minimum Gasteiger partial charge on any atom is -0.488 e. The van der Waals surface area contributed by atoms with Gasteiger partial charge in [0, 0.05) is 6.42 Å². The molecule has 0 saturated carbocycles. The molecule has 0 radical (unpaired) electrons. The lowest BCUT2D eigenvalue weighted by molar-refractivity contribution is -0.143. The summed E-state index contributed by atoms with van der Waals surface area (Å²) in [7, 11) is 1.33. The van der Waals surface area contributed by atoms with Crippen LogP contribution in [0.15, 0.2) is 24.3 Å². The molecule has 0 spiro atoms. The average Bonchev–Trinajstić information content (AvgIpc) is 2.36. The van der Waals surface area contributed by atoms with Crippen molar-refractivity contribution < 1.29 is 14.3 Å². The van der Waals surface area contributed by atoms with E-state index in [-0.39, 0.29) is 0 Å². The Morgan fingerprint density at radius 1 is 1.42 bits per heavy atom. The molecule has 4 heteroatoms. The van der Waals surface area contributed by atoms with Crippen LogP contribution in [0.1, 0.15) is 32.8 Å². The Balaban J connectivity index is 2.70. The van der Waals surface area contributed by atoms with Crippen molar-refractivity contribution in [2.24, 2.45) is 5.73 Å². The van der Waals surface area contributed by atoms with E-state index in [1.165, 1.54) is 12.7 Å². The van der Waals surface area contributed by atoms with E-state index >= 15 is 0 Å². The number of ether oxygens (including phenoxy) is 2. The summed E-state index contributed by atoms with van der Waals surface area (Å²) < 4.78 is 10.5. The molecule has 0 aromatic heterocycles. The van der Waals surface area contributed by atoms with Gasteiger partial charge in [-0.25, -0.2) is 0 Å². The first-order valence-electron chi connectivity index (χ1n) is 6.49. The third kappa shape index (κ3) is 4.91. The second kappa shape index (κ2) is 6.57. The number of nitrogens with two attached hydrogens (primary N) is 1. The van der Waals surface area contributed by atoms with E-state index in [1.54, 1.807) is 0 Å². The number of aryl methyl sites for hydroxylation is 1. The number of benzene rings is 1. The molecule has 0 bridgehead atoms. The Morgan fingerprint density at radius 3 is 2.68 bits per heavy atom. The van der Waals surface area contributed by atoms with Crippen LogP contribution in [0.2, 0.25) is 0 Å². The van der Waals surface area contributed by atoms with Crippen LogP contribution >= 0.6 is 0 Å². The van der Waals surface area contributed by atoms with Crippen molar-refractivity contribution in [3.8, 4) is 5.75 Å². The van der Waals surface area contributed by atoms with Gasteiger partial charge >= 0.3 is 5.97 Å². The smallest absolute Gasteiger partial charge is 0.322 e. The van der Waals surface area contributed by atoms with Crippen molar-refractivity contribution in [1.82, 2.24) is 0 Å². The van der Waals surface area contributed by atoms with Gasteiger partial charge in [-0.3, -0.25) is 4.79 Å². The molecule has 1 unspecified atom stereocenters. The monoisotopic (exact) mass is 265 g/mol. The molecule has 0 saturated heterocycles. The summed E-state index contributed by atoms with van der Waals surface area (Å²) in [6.07, 6.45) is 1.36. The number of carbonyl (C=O) groups excluding carboxylic acids is 1. The van der Waals surface area contributed by atoms with E-state index in [4.69, 9.17) is 10.5 Å². The average molecular weight is 265 g/mol. The van der Waals surface area contributed by atoms with Gasteiger partial charge in [-0.2, -0.15) is 0 Å². The maximum Gasteiger partial charge on any atom is 0.322 e. The zero-order valence-corrected chi connectivity index (χ0v) is 12.1. The Hall–Kier alpha value is -1.55. The van der Waals surface area contributed by atoms with Crippen molar-refractivity contribution >= 4 is 5.97 Å². The minimum atomic E-state index is -0.672. The number of methoxy groups -OCH3 is 1. The van der Waals surface area contributed by atoms with Crippen molar-refractivity contribution in [3.05, 3.63) is 29.8 Å². The first-order valence-corrected chi connectivity index (χ1v) is 6.49. The van der Waals surface area contributed by atoms with E-state index < -0.39 is 17.6 Å². The Labute approximate surface area is 114 Å². The molecule has 1 rings (SSSR count). The summed E-state index contributed by atoms with van der Waals surface area (Å²) in [4.78, 5) is 11.3.